The zero-order chi connectivity index (χ0) is 13.5. The molecular formula is C16H24O3. The van der Waals surface area contributed by atoms with E-state index in [4.69, 9.17) is 9.47 Å². The minimum Gasteiger partial charge on any atom is -0.496 e. The number of aliphatic hydroxyl groups is 1. The van der Waals surface area contributed by atoms with Crippen molar-refractivity contribution in [2.75, 3.05) is 13.7 Å². The Morgan fingerprint density at radius 3 is 3.00 bits per heavy atom. The molecule has 1 aromatic carbocycles. The fourth-order valence-corrected chi connectivity index (χ4v) is 2.68. The Morgan fingerprint density at radius 2 is 2.26 bits per heavy atom. The van der Waals surface area contributed by atoms with Gasteiger partial charge in [0.05, 0.1) is 19.3 Å². The molecule has 19 heavy (non-hydrogen) atoms. The lowest BCUT2D eigenvalue weighted by Crippen LogP contribution is -2.13. The molecule has 1 saturated heterocycles. The van der Waals surface area contributed by atoms with Crippen molar-refractivity contribution in [1.82, 2.24) is 0 Å². The molecule has 0 radical (unpaired) electrons. The van der Waals surface area contributed by atoms with E-state index >= 15 is 0 Å². The van der Waals surface area contributed by atoms with Gasteiger partial charge in [0.2, 0.25) is 0 Å². The van der Waals surface area contributed by atoms with Gasteiger partial charge in [0.25, 0.3) is 0 Å². The SMILES string of the molecule is COc1ccccc1CC(O)CCCC1CCCO1. The number of hydrogen-bond donors (Lipinski definition) is 1. The highest BCUT2D eigenvalue weighted by atomic mass is 16.5. The summed E-state index contributed by atoms with van der Waals surface area (Å²) in [4.78, 5) is 0. The monoisotopic (exact) mass is 264 g/mol. The van der Waals surface area contributed by atoms with E-state index in [1.165, 1.54) is 12.8 Å². The number of benzene rings is 1. The molecule has 0 aliphatic carbocycles. The van der Waals surface area contributed by atoms with Crippen LogP contribution in [-0.2, 0) is 11.2 Å². The molecule has 2 rings (SSSR count). The lowest BCUT2D eigenvalue weighted by Gasteiger charge is -2.14. The Hall–Kier alpha value is -1.06. The molecule has 0 bridgehead atoms. The molecular weight excluding hydrogens is 240 g/mol. The maximum atomic E-state index is 10.1. The van der Waals surface area contributed by atoms with Crippen molar-refractivity contribution >= 4 is 0 Å². The first-order valence-electron chi connectivity index (χ1n) is 7.21. The lowest BCUT2D eigenvalue weighted by molar-refractivity contribution is 0.0944. The molecule has 3 nitrogen and oxygen atoms in total. The van der Waals surface area contributed by atoms with Gasteiger partial charge in [-0.05, 0) is 43.7 Å². The van der Waals surface area contributed by atoms with Gasteiger partial charge in [-0.1, -0.05) is 18.2 Å². The van der Waals surface area contributed by atoms with Crippen molar-refractivity contribution in [2.24, 2.45) is 0 Å². The van der Waals surface area contributed by atoms with Gasteiger partial charge in [0.1, 0.15) is 5.75 Å². The second-order valence-corrected chi connectivity index (χ2v) is 5.24. The summed E-state index contributed by atoms with van der Waals surface area (Å²) in [6.45, 7) is 0.911. The first kappa shape index (κ1) is 14.4. The second-order valence-electron chi connectivity index (χ2n) is 5.24. The van der Waals surface area contributed by atoms with Crippen molar-refractivity contribution in [3.05, 3.63) is 29.8 Å². The third-order valence-corrected chi connectivity index (χ3v) is 3.74. The minimum absolute atomic E-state index is 0.294. The van der Waals surface area contributed by atoms with E-state index in [-0.39, 0.29) is 6.10 Å². The van der Waals surface area contributed by atoms with Gasteiger partial charge >= 0.3 is 0 Å². The number of para-hydroxylation sites is 1. The van der Waals surface area contributed by atoms with Crippen LogP contribution in [0, 0.1) is 0 Å². The highest BCUT2D eigenvalue weighted by Crippen LogP contribution is 2.22. The smallest absolute Gasteiger partial charge is 0.122 e. The zero-order valence-corrected chi connectivity index (χ0v) is 11.7. The normalized spacial score (nSPS) is 20.4. The summed E-state index contributed by atoms with van der Waals surface area (Å²) in [6, 6.07) is 7.89. The first-order valence-corrected chi connectivity index (χ1v) is 7.21. The number of aliphatic hydroxyl groups excluding tert-OH is 1. The van der Waals surface area contributed by atoms with Crippen LogP contribution in [0.4, 0.5) is 0 Å². The van der Waals surface area contributed by atoms with Crippen LogP contribution in [0.15, 0.2) is 24.3 Å². The average molecular weight is 264 g/mol. The summed E-state index contributed by atoms with van der Waals surface area (Å²) in [5.74, 6) is 0.862. The van der Waals surface area contributed by atoms with Crippen LogP contribution in [0.1, 0.15) is 37.7 Å². The molecule has 0 amide bonds. The van der Waals surface area contributed by atoms with E-state index in [0.29, 0.717) is 12.5 Å². The summed E-state index contributed by atoms with van der Waals surface area (Å²) in [7, 11) is 1.67. The minimum atomic E-state index is -0.294. The van der Waals surface area contributed by atoms with Crippen molar-refractivity contribution in [3.63, 3.8) is 0 Å². The second kappa shape index (κ2) is 7.51. The Morgan fingerprint density at radius 1 is 1.42 bits per heavy atom. The third-order valence-electron chi connectivity index (χ3n) is 3.74. The van der Waals surface area contributed by atoms with Gasteiger partial charge in [-0.3, -0.25) is 0 Å². The predicted molar refractivity (Wildman–Crippen MR) is 75.5 cm³/mol. The van der Waals surface area contributed by atoms with Crippen molar-refractivity contribution < 1.29 is 14.6 Å². The molecule has 2 atom stereocenters. The van der Waals surface area contributed by atoms with Crippen LogP contribution in [0.2, 0.25) is 0 Å². The predicted octanol–water partition coefficient (Wildman–Crippen LogP) is 2.95. The Labute approximate surface area is 115 Å². The lowest BCUT2D eigenvalue weighted by atomic mass is 10.0. The standard InChI is InChI=1S/C16H24O3/c1-18-16-10-3-2-6-13(16)12-14(17)7-4-8-15-9-5-11-19-15/h2-3,6,10,14-15,17H,4-5,7-9,11-12H2,1H3. The Bertz CT molecular complexity index is 372. The number of rotatable bonds is 7. The summed E-state index contributed by atoms with van der Waals surface area (Å²) < 4.78 is 10.9. The summed E-state index contributed by atoms with van der Waals surface area (Å²) in [5.41, 5.74) is 1.08. The Kier molecular flexibility index (Phi) is 5.67. The third kappa shape index (κ3) is 4.51. The van der Waals surface area contributed by atoms with Gasteiger partial charge in [-0.25, -0.2) is 0 Å². The van der Waals surface area contributed by atoms with E-state index in [1.54, 1.807) is 7.11 Å². The van der Waals surface area contributed by atoms with Gasteiger partial charge in [-0.2, -0.15) is 0 Å². The van der Waals surface area contributed by atoms with Crippen LogP contribution in [-0.4, -0.2) is 31.0 Å². The number of methoxy groups -OCH3 is 1. The first-order chi connectivity index (χ1) is 9.29. The molecule has 1 fully saturated rings. The molecule has 1 aliphatic rings. The molecule has 1 N–H and O–H groups in total. The maximum absolute atomic E-state index is 10.1. The van der Waals surface area contributed by atoms with Crippen LogP contribution >= 0.6 is 0 Å². The number of hydrogen-bond acceptors (Lipinski definition) is 3. The molecule has 1 heterocycles. The molecule has 3 heteroatoms. The summed E-state index contributed by atoms with van der Waals surface area (Å²) in [6.07, 6.45) is 6.10. The molecule has 1 aromatic rings. The quantitative estimate of drug-likeness (QED) is 0.823. The fourth-order valence-electron chi connectivity index (χ4n) is 2.68. The maximum Gasteiger partial charge on any atom is 0.122 e. The molecule has 0 spiro atoms. The topological polar surface area (TPSA) is 38.7 Å². The molecule has 0 aromatic heterocycles. The van der Waals surface area contributed by atoms with E-state index in [0.717, 1.165) is 37.2 Å². The van der Waals surface area contributed by atoms with E-state index in [1.807, 2.05) is 24.3 Å². The van der Waals surface area contributed by atoms with Crippen LogP contribution in [0.25, 0.3) is 0 Å². The summed E-state index contributed by atoms with van der Waals surface area (Å²) in [5, 5.41) is 10.1. The summed E-state index contributed by atoms with van der Waals surface area (Å²) >= 11 is 0. The molecule has 2 unspecified atom stereocenters. The molecule has 0 saturated carbocycles. The Balaban J connectivity index is 1.72. The molecule has 1 aliphatic heterocycles. The fraction of sp³-hybridized carbons (Fsp3) is 0.625. The zero-order valence-electron chi connectivity index (χ0n) is 11.7. The van der Waals surface area contributed by atoms with Gasteiger partial charge in [0.15, 0.2) is 0 Å². The van der Waals surface area contributed by atoms with Crippen LogP contribution < -0.4 is 4.74 Å². The van der Waals surface area contributed by atoms with Crippen molar-refractivity contribution in [1.29, 1.82) is 0 Å². The van der Waals surface area contributed by atoms with E-state index < -0.39 is 0 Å². The highest BCUT2D eigenvalue weighted by molar-refractivity contribution is 5.33. The highest BCUT2D eigenvalue weighted by Gasteiger charge is 2.16. The average Bonchev–Trinajstić information content (AvgIpc) is 2.92. The number of ether oxygens (including phenoxy) is 2. The molecule has 106 valence electrons. The van der Waals surface area contributed by atoms with Crippen molar-refractivity contribution in [3.8, 4) is 5.75 Å². The van der Waals surface area contributed by atoms with Crippen molar-refractivity contribution in [2.45, 2.75) is 50.7 Å². The van der Waals surface area contributed by atoms with Crippen LogP contribution in [0.5, 0.6) is 5.75 Å². The van der Waals surface area contributed by atoms with E-state index in [2.05, 4.69) is 0 Å². The van der Waals surface area contributed by atoms with Gasteiger partial charge in [0, 0.05) is 13.0 Å². The van der Waals surface area contributed by atoms with Crippen LogP contribution in [0.3, 0.4) is 0 Å². The van der Waals surface area contributed by atoms with E-state index in [9.17, 15) is 5.11 Å². The van der Waals surface area contributed by atoms with Gasteiger partial charge in [-0.15, -0.1) is 0 Å². The van der Waals surface area contributed by atoms with Gasteiger partial charge < -0.3 is 14.6 Å². The largest absolute Gasteiger partial charge is 0.496 e.